The molecule has 0 bridgehead atoms. The highest BCUT2D eigenvalue weighted by molar-refractivity contribution is 5.22. The van der Waals surface area contributed by atoms with Gasteiger partial charge in [-0.2, -0.15) is 0 Å². The Balaban J connectivity index is 2.11. The van der Waals surface area contributed by atoms with E-state index in [9.17, 15) is 0 Å². The molecule has 0 saturated carbocycles. The molecule has 2 heteroatoms. The highest BCUT2D eigenvalue weighted by atomic mass is 15.0. The van der Waals surface area contributed by atoms with Crippen LogP contribution in [-0.4, -0.2) is 25.2 Å². The Morgan fingerprint density at radius 2 is 1.89 bits per heavy atom. The lowest BCUT2D eigenvalue weighted by molar-refractivity contribution is 0.471. The number of hydrogen-bond acceptors (Lipinski definition) is 2. The van der Waals surface area contributed by atoms with Crippen molar-refractivity contribution in [3.05, 3.63) is 35.4 Å². The highest BCUT2D eigenvalue weighted by Crippen LogP contribution is 2.06. The van der Waals surface area contributed by atoms with E-state index in [1.165, 1.54) is 24.0 Å². The van der Waals surface area contributed by atoms with Crippen LogP contribution < -0.4 is 10.6 Å². The van der Waals surface area contributed by atoms with Gasteiger partial charge in [0.2, 0.25) is 0 Å². The molecule has 0 saturated heterocycles. The monoisotopic (exact) mass is 248 g/mol. The fraction of sp³-hybridized carbons (Fsp3) is 0.625. The van der Waals surface area contributed by atoms with Gasteiger partial charge < -0.3 is 10.6 Å². The Morgan fingerprint density at radius 1 is 1.11 bits per heavy atom. The van der Waals surface area contributed by atoms with Gasteiger partial charge in [0, 0.05) is 18.6 Å². The number of rotatable bonds is 8. The van der Waals surface area contributed by atoms with Gasteiger partial charge in [-0.15, -0.1) is 0 Å². The summed E-state index contributed by atoms with van der Waals surface area (Å²) in [4.78, 5) is 0. The molecule has 0 aliphatic heterocycles. The zero-order chi connectivity index (χ0) is 13.4. The largest absolute Gasteiger partial charge is 0.313 e. The summed E-state index contributed by atoms with van der Waals surface area (Å²) in [7, 11) is 0. The molecule has 1 atom stereocenters. The fourth-order valence-electron chi connectivity index (χ4n) is 1.99. The van der Waals surface area contributed by atoms with Crippen molar-refractivity contribution in [1.29, 1.82) is 0 Å². The first-order valence-electron chi connectivity index (χ1n) is 7.10. The van der Waals surface area contributed by atoms with Crippen LogP contribution in [0.25, 0.3) is 0 Å². The van der Waals surface area contributed by atoms with Gasteiger partial charge in [-0.3, -0.25) is 0 Å². The minimum atomic E-state index is 0.546. The fourth-order valence-corrected chi connectivity index (χ4v) is 1.99. The standard InChI is InChI=1S/C16H28N2/c1-13(2)18-12-15(4)17-10-6-9-16-8-5-7-14(3)11-16/h5,7-8,11,13,15,17-18H,6,9-10,12H2,1-4H3. The van der Waals surface area contributed by atoms with Crippen LogP contribution in [0.2, 0.25) is 0 Å². The van der Waals surface area contributed by atoms with E-state index in [1.807, 2.05) is 0 Å². The predicted octanol–water partition coefficient (Wildman–Crippen LogP) is 2.90. The number of aryl methyl sites for hydroxylation is 2. The first kappa shape index (κ1) is 15.2. The average molecular weight is 248 g/mol. The third kappa shape index (κ3) is 6.77. The van der Waals surface area contributed by atoms with E-state index in [-0.39, 0.29) is 0 Å². The van der Waals surface area contributed by atoms with Crippen molar-refractivity contribution in [3.8, 4) is 0 Å². The third-order valence-electron chi connectivity index (χ3n) is 3.05. The molecular weight excluding hydrogens is 220 g/mol. The van der Waals surface area contributed by atoms with Gasteiger partial charge in [-0.1, -0.05) is 43.7 Å². The summed E-state index contributed by atoms with van der Waals surface area (Å²) in [6, 6.07) is 9.92. The molecule has 1 aromatic rings. The summed E-state index contributed by atoms with van der Waals surface area (Å²) in [6.07, 6.45) is 2.37. The Bertz CT molecular complexity index is 334. The average Bonchev–Trinajstić information content (AvgIpc) is 2.32. The van der Waals surface area contributed by atoms with Crippen molar-refractivity contribution in [2.24, 2.45) is 0 Å². The highest BCUT2D eigenvalue weighted by Gasteiger charge is 2.01. The smallest absolute Gasteiger partial charge is 0.0164 e. The van der Waals surface area contributed by atoms with Gasteiger partial charge >= 0.3 is 0 Å². The van der Waals surface area contributed by atoms with Crippen molar-refractivity contribution >= 4 is 0 Å². The van der Waals surface area contributed by atoms with E-state index in [2.05, 4.69) is 62.6 Å². The Labute approximate surface area is 112 Å². The number of benzene rings is 1. The van der Waals surface area contributed by atoms with Gasteiger partial charge in [0.25, 0.3) is 0 Å². The molecule has 0 amide bonds. The molecule has 2 nitrogen and oxygen atoms in total. The van der Waals surface area contributed by atoms with Crippen molar-refractivity contribution in [2.45, 2.75) is 52.6 Å². The van der Waals surface area contributed by atoms with Crippen LogP contribution in [0.1, 0.15) is 38.3 Å². The molecule has 1 unspecified atom stereocenters. The molecule has 1 rings (SSSR count). The first-order chi connectivity index (χ1) is 8.58. The molecule has 0 fully saturated rings. The van der Waals surface area contributed by atoms with E-state index in [4.69, 9.17) is 0 Å². The lowest BCUT2D eigenvalue weighted by atomic mass is 10.1. The molecule has 0 aliphatic carbocycles. The lowest BCUT2D eigenvalue weighted by Gasteiger charge is -2.16. The summed E-state index contributed by atoms with van der Waals surface area (Å²) in [5.74, 6) is 0. The molecule has 2 N–H and O–H groups in total. The molecular formula is C16H28N2. The van der Waals surface area contributed by atoms with Gasteiger partial charge in [0.15, 0.2) is 0 Å². The Kier molecular flexibility index (Phi) is 6.99. The summed E-state index contributed by atoms with van der Waals surface area (Å²) in [5, 5.41) is 7.01. The molecule has 0 aromatic heterocycles. The first-order valence-corrected chi connectivity index (χ1v) is 7.10. The van der Waals surface area contributed by atoms with Crippen molar-refractivity contribution in [1.82, 2.24) is 10.6 Å². The van der Waals surface area contributed by atoms with Crippen LogP contribution in [0.3, 0.4) is 0 Å². The quantitative estimate of drug-likeness (QED) is 0.691. The van der Waals surface area contributed by atoms with Crippen LogP contribution in [-0.2, 0) is 6.42 Å². The van der Waals surface area contributed by atoms with Crippen LogP contribution in [0, 0.1) is 6.92 Å². The lowest BCUT2D eigenvalue weighted by Crippen LogP contribution is -2.39. The Morgan fingerprint density at radius 3 is 2.56 bits per heavy atom. The molecule has 18 heavy (non-hydrogen) atoms. The summed E-state index contributed by atoms with van der Waals surface area (Å²) in [6.45, 7) is 10.9. The molecule has 1 aromatic carbocycles. The molecule has 0 heterocycles. The van der Waals surface area contributed by atoms with Gasteiger partial charge in [0.1, 0.15) is 0 Å². The van der Waals surface area contributed by atoms with E-state index in [0.29, 0.717) is 12.1 Å². The van der Waals surface area contributed by atoms with Crippen LogP contribution in [0.5, 0.6) is 0 Å². The minimum absolute atomic E-state index is 0.546. The maximum absolute atomic E-state index is 3.56. The second kappa shape index (κ2) is 8.28. The van der Waals surface area contributed by atoms with E-state index >= 15 is 0 Å². The summed E-state index contributed by atoms with van der Waals surface area (Å²) < 4.78 is 0. The van der Waals surface area contributed by atoms with E-state index < -0.39 is 0 Å². The normalized spacial score (nSPS) is 12.9. The maximum atomic E-state index is 3.56. The molecule has 0 radical (unpaired) electrons. The number of nitrogens with one attached hydrogen (secondary N) is 2. The van der Waals surface area contributed by atoms with E-state index in [0.717, 1.165) is 13.1 Å². The van der Waals surface area contributed by atoms with Crippen molar-refractivity contribution in [3.63, 3.8) is 0 Å². The molecule has 0 aliphatic rings. The second-order valence-electron chi connectivity index (χ2n) is 5.51. The second-order valence-corrected chi connectivity index (χ2v) is 5.51. The van der Waals surface area contributed by atoms with E-state index in [1.54, 1.807) is 0 Å². The summed E-state index contributed by atoms with van der Waals surface area (Å²) in [5.41, 5.74) is 2.81. The third-order valence-corrected chi connectivity index (χ3v) is 3.05. The maximum Gasteiger partial charge on any atom is 0.0164 e. The number of hydrogen-bond donors (Lipinski definition) is 2. The van der Waals surface area contributed by atoms with Crippen LogP contribution in [0.15, 0.2) is 24.3 Å². The minimum Gasteiger partial charge on any atom is -0.313 e. The van der Waals surface area contributed by atoms with Gasteiger partial charge in [-0.05, 0) is 38.8 Å². The Hall–Kier alpha value is -0.860. The predicted molar refractivity (Wildman–Crippen MR) is 80.1 cm³/mol. The van der Waals surface area contributed by atoms with Gasteiger partial charge in [0.05, 0.1) is 0 Å². The van der Waals surface area contributed by atoms with Gasteiger partial charge in [-0.25, -0.2) is 0 Å². The SMILES string of the molecule is Cc1cccc(CCCNC(C)CNC(C)C)c1. The molecule has 0 spiro atoms. The molecule has 102 valence electrons. The van der Waals surface area contributed by atoms with Crippen LogP contribution in [0.4, 0.5) is 0 Å². The summed E-state index contributed by atoms with van der Waals surface area (Å²) >= 11 is 0. The topological polar surface area (TPSA) is 24.1 Å². The van der Waals surface area contributed by atoms with Crippen LogP contribution >= 0.6 is 0 Å². The van der Waals surface area contributed by atoms with Crippen molar-refractivity contribution < 1.29 is 0 Å². The zero-order valence-corrected chi connectivity index (χ0v) is 12.3. The zero-order valence-electron chi connectivity index (χ0n) is 12.3. The van der Waals surface area contributed by atoms with Crippen molar-refractivity contribution in [2.75, 3.05) is 13.1 Å².